The van der Waals surface area contributed by atoms with Gasteiger partial charge >= 0.3 is 0 Å². The van der Waals surface area contributed by atoms with Gasteiger partial charge in [0.25, 0.3) is 0 Å². The Morgan fingerprint density at radius 3 is 3.06 bits per heavy atom. The monoisotopic (exact) mass is 245 g/mol. The van der Waals surface area contributed by atoms with Crippen molar-refractivity contribution in [3.63, 3.8) is 0 Å². The zero-order valence-electron chi connectivity index (χ0n) is 10.9. The minimum absolute atomic E-state index is 0.196. The second-order valence-corrected chi connectivity index (χ2v) is 5.35. The van der Waals surface area contributed by atoms with E-state index < -0.39 is 0 Å². The van der Waals surface area contributed by atoms with Gasteiger partial charge in [-0.3, -0.25) is 0 Å². The van der Waals surface area contributed by atoms with Crippen LogP contribution in [0, 0.1) is 0 Å². The molecule has 1 atom stereocenters. The summed E-state index contributed by atoms with van der Waals surface area (Å²) in [5.41, 5.74) is 1.50. The van der Waals surface area contributed by atoms with E-state index in [2.05, 4.69) is 31.3 Å². The van der Waals surface area contributed by atoms with Crippen LogP contribution < -0.4 is 5.32 Å². The summed E-state index contributed by atoms with van der Waals surface area (Å²) in [6.07, 6.45) is 8.89. The Hall–Kier alpha value is -1.62. The quantitative estimate of drug-likeness (QED) is 0.874. The largest absolute Gasteiger partial charge is 0.337 e. The van der Waals surface area contributed by atoms with Crippen molar-refractivity contribution in [3.05, 3.63) is 36.4 Å². The third kappa shape index (κ3) is 1.84. The van der Waals surface area contributed by atoms with Crippen LogP contribution in [0.1, 0.15) is 24.9 Å². The fraction of sp³-hybridized carbons (Fsp3) is 0.538. The number of rotatable bonds is 3. The molecule has 0 aromatic carbocycles. The average Bonchev–Trinajstić information content (AvgIpc) is 3.03. The summed E-state index contributed by atoms with van der Waals surface area (Å²) in [4.78, 5) is 8.70. The highest BCUT2D eigenvalue weighted by Crippen LogP contribution is 2.29. The normalized spacial score (nSPS) is 23.7. The van der Waals surface area contributed by atoms with Gasteiger partial charge in [-0.05, 0) is 13.0 Å². The lowest BCUT2D eigenvalue weighted by molar-refractivity contribution is 0.477. The van der Waals surface area contributed by atoms with E-state index in [1.54, 1.807) is 0 Å². The smallest absolute Gasteiger partial charge is 0.128 e. The predicted octanol–water partition coefficient (Wildman–Crippen LogP) is 0.916. The van der Waals surface area contributed by atoms with Gasteiger partial charge in [-0.2, -0.15) is 0 Å². The van der Waals surface area contributed by atoms with Crippen LogP contribution >= 0.6 is 0 Å². The molecule has 0 bridgehead atoms. The van der Waals surface area contributed by atoms with Gasteiger partial charge in [-0.1, -0.05) is 6.92 Å². The Morgan fingerprint density at radius 1 is 1.50 bits per heavy atom. The van der Waals surface area contributed by atoms with Gasteiger partial charge in [0.2, 0.25) is 0 Å². The summed E-state index contributed by atoms with van der Waals surface area (Å²) in [5.74, 6) is 1.06. The molecule has 1 N–H and O–H groups in total. The lowest BCUT2D eigenvalue weighted by Crippen LogP contribution is -2.28. The Bertz CT molecular complexity index is 533. The molecule has 1 saturated heterocycles. The number of nitrogens with zero attached hydrogens (tertiary/aromatic N) is 4. The number of imidazole rings is 2. The van der Waals surface area contributed by atoms with Crippen LogP contribution in [0.2, 0.25) is 0 Å². The SMILES string of the molecule is Cn1ccnc1Cn1cncc1C1(C)CCNC1. The van der Waals surface area contributed by atoms with E-state index in [9.17, 15) is 0 Å². The zero-order valence-corrected chi connectivity index (χ0v) is 10.9. The highest BCUT2D eigenvalue weighted by atomic mass is 15.1. The van der Waals surface area contributed by atoms with Crippen LogP contribution in [-0.4, -0.2) is 32.2 Å². The van der Waals surface area contributed by atoms with Gasteiger partial charge in [0, 0.05) is 43.3 Å². The Kier molecular flexibility index (Phi) is 2.70. The molecule has 2 aromatic rings. The van der Waals surface area contributed by atoms with Crippen LogP contribution in [-0.2, 0) is 19.0 Å². The van der Waals surface area contributed by atoms with E-state index in [4.69, 9.17) is 0 Å². The van der Waals surface area contributed by atoms with Gasteiger partial charge < -0.3 is 14.5 Å². The highest BCUT2D eigenvalue weighted by Gasteiger charge is 2.33. The van der Waals surface area contributed by atoms with E-state index in [1.807, 2.05) is 32.0 Å². The first-order valence-corrected chi connectivity index (χ1v) is 6.37. The lowest BCUT2D eigenvalue weighted by Gasteiger charge is -2.24. The Labute approximate surface area is 107 Å². The molecule has 1 fully saturated rings. The minimum Gasteiger partial charge on any atom is -0.337 e. The fourth-order valence-corrected chi connectivity index (χ4v) is 2.69. The van der Waals surface area contributed by atoms with Gasteiger partial charge in [0.15, 0.2) is 0 Å². The molecule has 0 radical (unpaired) electrons. The number of hydrogen-bond acceptors (Lipinski definition) is 3. The highest BCUT2D eigenvalue weighted by molar-refractivity contribution is 5.18. The van der Waals surface area contributed by atoms with Gasteiger partial charge in [0.05, 0.1) is 12.9 Å². The third-order valence-corrected chi connectivity index (χ3v) is 3.93. The molecule has 1 unspecified atom stereocenters. The van der Waals surface area contributed by atoms with Gasteiger partial charge in [-0.15, -0.1) is 0 Å². The van der Waals surface area contributed by atoms with Crippen LogP contribution in [0.3, 0.4) is 0 Å². The maximum absolute atomic E-state index is 4.38. The standard InChI is InChI=1S/C13H19N5/c1-13(3-4-14-9-13)11-7-15-10-18(11)8-12-16-5-6-17(12)2/h5-7,10,14H,3-4,8-9H2,1-2H3. The molecule has 3 heterocycles. The summed E-state index contributed by atoms with van der Waals surface area (Å²) in [7, 11) is 2.03. The molecule has 96 valence electrons. The summed E-state index contributed by atoms with van der Waals surface area (Å²) >= 11 is 0. The molecule has 0 amide bonds. The molecule has 1 aliphatic heterocycles. The number of hydrogen-bond donors (Lipinski definition) is 1. The first-order valence-electron chi connectivity index (χ1n) is 6.37. The van der Waals surface area contributed by atoms with Crippen molar-refractivity contribution in [2.75, 3.05) is 13.1 Å². The topological polar surface area (TPSA) is 47.7 Å². The van der Waals surface area contributed by atoms with E-state index in [0.717, 1.165) is 25.5 Å². The van der Waals surface area contributed by atoms with E-state index >= 15 is 0 Å². The van der Waals surface area contributed by atoms with E-state index in [-0.39, 0.29) is 5.41 Å². The molecule has 0 spiro atoms. The molecule has 0 saturated carbocycles. The molecule has 0 aliphatic carbocycles. The molecule has 3 rings (SSSR count). The van der Waals surface area contributed by atoms with Crippen LogP contribution in [0.5, 0.6) is 0 Å². The van der Waals surface area contributed by atoms with Crippen molar-refractivity contribution in [3.8, 4) is 0 Å². The van der Waals surface area contributed by atoms with E-state index in [1.165, 1.54) is 12.1 Å². The maximum Gasteiger partial charge on any atom is 0.128 e. The predicted molar refractivity (Wildman–Crippen MR) is 69.4 cm³/mol. The molecule has 5 heteroatoms. The second kappa shape index (κ2) is 4.24. The molecule has 1 aliphatic rings. The van der Waals surface area contributed by atoms with Crippen molar-refractivity contribution in [2.24, 2.45) is 7.05 Å². The first kappa shape index (κ1) is 11.5. The van der Waals surface area contributed by atoms with Crippen molar-refractivity contribution < 1.29 is 0 Å². The molecule has 2 aromatic heterocycles. The van der Waals surface area contributed by atoms with Crippen LogP contribution in [0.15, 0.2) is 24.9 Å². The summed E-state index contributed by atoms with van der Waals surface area (Å²) in [6, 6.07) is 0. The van der Waals surface area contributed by atoms with Crippen molar-refractivity contribution >= 4 is 0 Å². The van der Waals surface area contributed by atoms with Crippen LogP contribution in [0.25, 0.3) is 0 Å². The lowest BCUT2D eigenvalue weighted by atomic mass is 9.86. The number of aryl methyl sites for hydroxylation is 1. The number of aromatic nitrogens is 4. The fourth-order valence-electron chi connectivity index (χ4n) is 2.69. The summed E-state index contributed by atoms with van der Waals surface area (Å²) in [5, 5.41) is 3.44. The zero-order chi connectivity index (χ0) is 12.6. The summed E-state index contributed by atoms with van der Waals surface area (Å²) < 4.78 is 4.27. The second-order valence-electron chi connectivity index (χ2n) is 5.35. The number of nitrogens with one attached hydrogen (secondary N) is 1. The van der Waals surface area contributed by atoms with E-state index in [0.29, 0.717) is 0 Å². The minimum atomic E-state index is 0.196. The van der Waals surface area contributed by atoms with Crippen molar-refractivity contribution in [1.29, 1.82) is 0 Å². The molecular formula is C13H19N5. The molecule has 18 heavy (non-hydrogen) atoms. The third-order valence-electron chi connectivity index (χ3n) is 3.93. The average molecular weight is 245 g/mol. The molecular weight excluding hydrogens is 226 g/mol. The maximum atomic E-state index is 4.38. The first-order chi connectivity index (χ1) is 8.69. The summed E-state index contributed by atoms with van der Waals surface area (Å²) in [6.45, 7) is 5.21. The van der Waals surface area contributed by atoms with Gasteiger partial charge in [-0.25, -0.2) is 9.97 Å². The van der Waals surface area contributed by atoms with Gasteiger partial charge in [0.1, 0.15) is 5.82 Å². The molecule has 5 nitrogen and oxygen atoms in total. The Balaban J connectivity index is 1.90. The van der Waals surface area contributed by atoms with Crippen molar-refractivity contribution in [2.45, 2.75) is 25.3 Å². The van der Waals surface area contributed by atoms with Crippen LogP contribution in [0.4, 0.5) is 0 Å². The Morgan fingerprint density at radius 2 is 2.39 bits per heavy atom. The van der Waals surface area contributed by atoms with Crippen molar-refractivity contribution in [1.82, 2.24) is 24.4 Å².